The number of likely N-dealkylation sites (tertiary alicyclic amines) is 3. The minimum atomic E-state index is -0.814. The molecule has 8 heteroatoms. The molecule has 0 spiro atoms. The quantitative estimate of drug-likeness (QED) is 0.259. The maximum absolute atomic E-state index is 14.7. The van der Waals surface area contributed by atoms with Crippen molar-refractivity contribution in [3.63, 3.8) is 0 Å². The Morgan fingerprint density at radius 2 is 1.49 bits per heavy atom. The predicted molar refractivity (Wildman–Crippen MR) is 182 cm³/mol. The smallest absolute Gasteiger partial charge is 0.242 e. The van der Waals surface area contributed by atoms with Gasteiger partial charge in [-0.1, -0.05) is 97.9 Å². The van der Waals surface area contributed by atoms with E-state index in [1.165, 1.54) is 0 Å². The Bertz CT molecular complexity index is 1460. The Balaban J connectivity index is 1.29. The first-order valence-electron chi connectivity index (χ1n) is 17.1. The summed E-state index contributed by atoms with van der Waals surface area (Å²) in [5, 5.41) is 14.1. The summed E-state index contributed by atoms with van der Waals surface area (Å²) in [6, 6.07) is 29.5. The third-order valence-corrected chi connectivity index (χ3v) is 10.5. The van der Waals surface area contributed by atoms with Gasteiger partial charge >= 0.3 is 0 Å². The Hall–Kier alpha value is -4.07. The van der Waals surface area contributed by atoms with Crippen molar-refractivity contribution >= 4 is 17.8 Å². The lowest BCUT2D eigenvalue weighted by Gasteiger charge is -2.40. The monoisotopic (exact) mass is 634 g/mol. The number of piperidine rings is 1. The molecule has 3 aliphatic heterocycles. The van der Waals surface area contributed by atoms with Gasteiger partial charge in [0, 0.05) is 44.6 Å². The van der Waals surface area contributed by atoms with Gasteiger partial charge in [-0.15, -0.1) is 0 Å². The second-order valence-electron chi connectivity index (χ2n) is 13.3. The molecule has 0 aliphatic carbocycles. The van der Waals surface area contributed by atoms with Crippen molar-refractivity contribution in [2.45, 2.75) is 62.8 Å². The number of carbonyl (C=O) groups excluding carboxylic acids is 3. The molecule has 0 unspecified atom stereocenters. The van der Waals surface area contributed by atoms with E-state index >= 15 is 0 Å². The normalized spacial score (nSPS) is 23.9. The average molecular weight is 635 g/mol. The van der Waals surface area contributed by atoms with E-state index in [4.69, 9.17) is 0 Å². The number of nitrogens with one attached hydrogen (secondary N) is 1. The van der Waals surface area contributed by atoms with Gasteiger partial charge in [-0.25, -0.2) is 4.79 Å². The number of hydrogen-bond acceptors (Lipinski definition) is 6. The second-order valence-corrected chi connectivity index (χ2v) is 13.3. The number of rotatable bonds is 10. The first-order chi connectivity index (χ1) is 22.9. The molecular formula is C39H46N4O4. The molecule has 0 radical (unpaired) electrons. The highest BCUT2D eigenvalue weighted by Crippen LogP contribution is 2.43. The molecule has 0 aromatic heterocycles. The topological polar surface area (TPSA) is 93.2 Å². The number of nitrogens with zero attached hydrogens (tertiary/aromatic N) is 3. The van der Waals surface area contributed by atoms with Gasteiger partial charge in [0.05, 0.1) is 17.7 Å². The molecule has 0 bridgehead atoms. The zero-order chi connectivity index (χ0) is 32.8. The fourth-order valence-electron chi connectivity index (χ4n) is 8.08. The third-order valence-electron chi connectivity index (χ3n) is 10.5. The standard InChI is InChI=1S/C39H46N4O4/c1-2-41-21-12-13-29(26-41)25-40-38(47)37-30(28-44)20-22-42(37)35-23-34(45)27-43(35)36(46)24-39(31-14-6-3-7-15-31,32-16-8-4-9-17-32)33-18-10-5-11-19-33/h3-11,14-19,29,34-35,37,45H,2,12-13,20-27H2,1H3,(H,40,47)/t29-,34+,35-,37+/m0/s1. The molecule has 4 atom stereocenters. The minimum Gasteiger partial charge on any atom is -0.391 e. The van der Waals surface area contributed by atoms with E-state index in [0.29, 0.717) is 37.4 Å². The maximum Gasteiger partial charge on any atom is 0.242 e. The summed E-state index contributed by atoms with van der Waals surface area (Å²) in [6.45, 7) is 6.34. The lowest BCUT2D eigenvalue weighted by molar-refractivity contribution is -0.139. The van der Waals surface area contributed by atoms with Crippen LogP contribution in [0.1, 0.15) is 55.7 Å². The summed E-state index contributed by atoms with van der Waals surface area (Å²) in [7, 11) is 0. The lowest BCUT2D eigenvalue weighted by Crippen LogP contribution is -2.55. The van der Waals surface area contributed by atoms with Crippen LogP contribution in [0.2, 0.25) is 0 Å². The van der Waals surface area contributed by atoms with Gasteiger partial charge in [0.2, 0.25) is 11.8 Å². The molecule has 3 heterocycles. The molecule has 47 heavy (non-hydrogen) atoms. The van der Waals surface area contributed by atoms with Crippen molar-refractivity contribution in [3.05, 3.63) is 113 Å². The van der Waals surface area contributed by atoms with E-state index in [2.05, 4.69) is 59.5 Å². The predicted octanol–water partition coefficient (Wildman–Crippen LogP) is 4.01. The highest BCUT2D eigenvalue weighted by molar-refractivity contribution is 5.88. The summed E-state index contributed by atoms with van der Waals surface area (Å²) in [6.07, 6.45) is 1.76. The van der Waals surface area contributed by atoms with Gasteiger partial charge in [-0.3, -0.25) is 14.5 Å². The molecule has 246 valence electrons. The number of β-amino-alcohol motifs (C(OH)–C–C–N with tert-alkyl or cyclic N) is 1. The average Bonchev–Trinajstić information content (AvgIpc) is 3.74. The molecule has 6 rings (SSSR count). The summed E-state index contributed by atoms with van der Waals surface area (Å²) in [5.74, 6) is 2.07. The Kier molecular flexibility index (Phi) is 10.3. The Morgan fingerprint density at radius 1 is 0.894 bits per heavy atom. The van der Waals surface area contributed by atoms with Crippen LogP contribution in [-0.4, -0.2) is 95.1 Å². The number of benzene rings is 3. The SMILES string of the molecule is CCN1CCC[C@@H](CNC(=O)[C@H]2C(=C=O)CCN2[C@@H]2C[C@@H](O)CN2C(=O)CC(c2ccccc2)(c2ccccc2)c2ccccc2)C1. The van der Waals surface area contributed by atoms with Crippen LogP contribution in [0.25, 0.3) is 0 Å². The molecule has 3 aromatic carbocycles. The largest absolute Gasteiger partial charge is 0.391 e. The van der Waals surface area contributed by atoms with Crippen molar-refractivity contribution < 1.29 is 19.5 Å². The number of hydrogen-bond donors (Lipinski definition) is 2. The maximum atomic E-state index is 14.7. The van der Waals surface area contributed by atoms with Crippen LogP contribution in [0.15, 0.2) is 96.6 Å². The van der Waals surface area contributed by atoms with E-state index in [1.807, 2.05) is 59.5 Å². The second kappa shape index (κ2) is 14.8. The summed E-state index contributed by atoms with van der Waals surface area (Å²) >= 11 is 0. The summed E-state index contributed by atoms with van der Waals surface area (Å²) < 4.78 is 0. The Morgan fingerprint density at radius 3 is 2.04 bits per heavy atom. The van der Waals surface area contributed by atoms with E-state index in [9.17, 15) is 19.5 Å². The number of aliphatic hydroxyl groups is 1. The van der Waals surface area contributed by atoms with Crippen molar-refractivity contribution in [3.8, 4) is 0 Å². The van der Waals surface area contributed by atoms with Crippen LogP contribution >= 0.6 is 0 Å². The molecular weight excluding hydrogens is 588 g/mol. The van der Waals surface area contributed by atoms with Crippen LogP contribution in [0, 0.1) is 5.92 Å². The summed E-state index contributed by atoms with van der Waals surface area (Å²) in [5.41, 5.74) is 2.60. The molecule has 3 saturated heterocycles. The van der Waals surface area contributed by atoms with Gasteiger partial charge in [-0.2, -0.15) is 0 Å². The van der Waals surface area contributed by atoms with Gasteiger partial charge in [-0.05, 0) is 55.0 Å². The first-order valence-corrected chi connectivity index (χ1v) is 17.1. The van der Waals surface area contributed by atoms with Crippen LogP contribution < -0.4 is 5.32 Å². The lowest BCUT2D eigenvalue weighted by atomic mass is 9.67. The zero-order valence-corrected chi connectivity index (χ0v) is 27.3. The minimum absolute atomic E-state index is 0.118. The Labute approximate surface area is 278 Å². The van der Waals surface area contributed by atoms with E-state index in [-0.39, 0.29) is 24.8 Å². The highest BCUT2D eigenvalue weighted by Gasteiger charge is 2.48. The molecule has 3 fully saturated rings. The van der Waals surface area contributed by atoms with Crippen LogP contribution in [0.4, 0.5) is 0 Å². The van der Waals surface area contributed by atoms with E-state index < -0.39 is 23.7 Å². The summed E-state index contributed by atoms with van der Waals surface area (Å²) in [4.78, 5) is 46.7. The molecule has 3 aliphatic rings. The molecule has 2 amide bonds. The molecule has 8 nitrogen and oxygen atoms in total. The zero-order valence-electron chi connectivity index (χ0n) is 27.3. The van der Waals surface area contributed by atoms with Crippen molar-refractivity contribution in [1.82, 2.24) is 20.0 Å². The van der Waals surface area contributed by atoms with Gasteiger partial charge in [0.1, 0.15) is 12.0 Å². The molecule has 2 N–H and O–H groups in total. The first kappa shape index (κ1) is 32.9. The highest BCUT2D eigenvalue weighted by atomic mass is 16.3. The number of aliphatic hydroxyl groups excluding tert-OH is 1. The van der Waals surface area contributed by atoms with Crippen LogP contribution in [-0.2, 0) is 19.8 Å². The van der Waals surface area contributed by atoms with Crippen molar-refractivity contribution in [2.24, 2.45) is 5.92 Å². The molecule has 3 aromatic rings. The van der Waals surface area contributed by atoms with Crippen LogP contribution in [0.5, 0.6) is 0 Å². The van der Waals surface area contributed by atoms with Crippen LogP contribution in [0.3, 0.4) is 0 Å². The van der Waals surface area contributed by atoms with E-state index in [1.54, 1.807) is 4.90 Å². The fraction of sp³-hybridized carbons (Fsp3) is 0.436. The third kappa shape index (κ3) is 6.83. The fourth-order valence-corrected chi connectivity index (χ4v) is 8.08. The van der Waals surface area contributed by atoms with Gasteiger partial charge < -0.3 is 20.2 Å². The van der Waals surface area contributed by atoms with Gasteiger partial charge in [0.25, 0.3) is 0 Å². The van der Waals surface area contributed by atoms with Crippen molar-refractivity contribution in [1.29, 1.82) is 0 Å². The van der Waals surface area contributed by atoms with Crippen molar-refractivity contribution in [2.75, 3.05) is 39.3 Å². The molecule has 0 saturated carbocycles. The van der Waals surface area contributed by atoms with Gasteiger partial charge in [0.15, 0.2) is 0 Å². The van der Waals surface area contributed by atoms with E-state index in [0.717, 1.165) is 49.2 Å². The number of amides is 2. The number of carbonyl (C=O) groups is 2.